The molecule has 0 aromatic heterocycles. The molecule has 112 valence electrons. The summed E-state index contributed by atoms with van der Waals surface area (Å²) in [6.45, 7) is 2.79. The molecule has 0 spiro atoms. The molecule has 0 bridgehead atoms. The minimum Gasteiger partial charge on any atom is -0.490 e. The Morgan fingerprint density at radius 1 is 1.40 bits per heavy atom. The van der Waals surface area contributed by atoms with E-state index in [0.717, 1.165) is 27.8 Å². The van der Waals surface area contributed by atoms with E-state index in [2.05, 4.69) is 15.9 Å². The molecule has 0 saturated heterocycles. The average molecular weight is 342 g/mol. The fourth-order valence-electron chi connectivity index (χ4n) is 3.04. The van der Waals surface area contributed by atoms with Gasteiger partial charge in [0.2, 0.25) is 0 Å². The predicted molar refractivity (Wildman–Crippen MR) is 84.8 cm³/mol. The second-order valence-corrected chi connectivity index (χ2v) is 6.68. The zero-order valence-electron chi connectivity index (χ0n) is 12.1. The van der Waals surface area contributed by atoms with E-state index < -0.39 is 0 Å². The quantitative estimate of drug-likeness (QED) is 0.831. The van der Waals surface area contributed by atoms with Crippen molar-refractivity contribution in [1.82, 2.24) is 0 Å². The normalized spacial score (nSPS) is 17.4. The lowest BCUT2D eigenvalue weighted by Gasteiger charge is -2.19. The van der Waals surface area contributed by atoms with E-state index in [0.29, 0.717) is 19.1 Å². The van der Waals surface area contributed by atoms with Crippen molar-refractivity contribution in [1.29, 1.82) is 0 Å². The maximum atomic E-state index is 10.1. The smallest absolute Gasteiger partial charge is 0.126 e. The molecule has 0 amide bonds. The molecule has 1 unspecified atom stereocenters. The van der Waals surface area contributed by atoms with E-state index >= 15 is 0 Å². The number of halogens is 1. The largest absolute Gasteiger partial charge is 0.490 e. The van der Waals surface area contributed by atoms with E-state index in [4.69, 9.17) is 10.5 Å². The van der Waals surface area contributed by atoms with Crippen LogP contribution in [0.3, 0.4) is 0 Å². The molecular weight excluding hydrogens is 318 g/mol. The Morgan fingerprint density at radius 2 is 2.10 bits per heavy atom. The number of aryl methyl sites for hydroxylation is 1. The lowest BCUT2D eigenvalue weighted by atomic mass is 10.0. The summed E-state index contributed by atoms with van der Waals surface area (Å²) >= 11 is 3.47. The van der Waals surface area contributed by atoms with Crippen LogP contribution in [0.5, 0.6) is 5.75 Å². The highest BCUT2D eigenvalue weighted by atomic mass is 79.9. The summed E-state index contributed by atoms with van der Waals surface area (Å²) in [5.41, 5.74) is 7.79. The van der Waals surface area contributed by atoms with Crippen LogP contribution in [0.1, 0.15) is 43.2 Å². The number of aliphatic hydroxyl groups excluding tert-OH is 1. The van der Waals surface area contributed by atoms with Crippen LogP contribution >= 0.6 is 15.9 Å². The number of aliphatic hydroxyl groups is 1. The van der Waals surface area contributed by atoms with Crippen molar-refractivity contribution in [3.8, 4) is 5.75 Å². The molecule has 1 aromatic rings. The Bertz CT molecular complexity index is 444. The molecule has 1 aromatic carbocycles. The fraction of sp³-hybridized carbons (Fsp3) is 0.625. The maximum Gasteiger partial charge on any atom is 0.126 e. The molecule has 0 radical (unpaired) electrons. The minimum absolute atomic E-state index is 0.353. The fourth-order valence-corrected chi connectivity index (χ4v) is 3.66. The van der Waals surface area contributed by atoms with Gasteiger partial charge in [0.1, 0.15) is 12.4 Å². The molecular formula is C16H24BrNO2. The third-order valence-corrected chi connectivity index (χ3v) is 4.49. The van der Waals surface area contributed by atoms with Crippen LogP contribution in [0.2, 0.25) is 0 Å². The molecule has 1 saturated carbocycles. The van der Waals surface area contributed by atoms with Crippen molar-refractivity contribution in [3.05, 3.63) is 27.7 Å². The topological polar surface area (TPSA) is 55.5 Å². The van der Waals surface area contributed by atoms with Gasteiger partial charge in [-0.1, -0.05) is 41.6 Å². The van der Waals surface area contributed by atoms with Gasteiger partial charge in [0, 0.05) is 16.6 Å². The number of benzene rings is 1. The van der Waals surface area contributed by atoms with Crippen molar-refractivity contribution in [2.24, 2.45) is 11.7 Å². The summed E-state index contributed by atoms with van der Waals surface area (Å²) in [5, 5.41) is 10.1. The third-order valence-electron chi connectivity index (χ3n) is 4.04. The molecule has 0 aliphatic heterocycles. The van der Waals surface area contributed by atoms with Crippen LogP contribution in [0.25, 0.3) is 0 Å². The number of ether oxygens (including phenoxy) is 1. The van der Waals surface area contributed by atoms with Gasteiger partial charge in [-0.3, -0.25) is 0 Å². The third kappa shape index (κ3) is 4.21. The van der Waals surface area contributed by atoms with Crippen molar-refractivity contribution in [2.45, 2.75) is 51.7 Å². The minimum atomic E-state index is -0.383. The molecule has 1 atom stereocenters. The number of rotatable bonds is 6. The Morgan fingerprint density at radius 3 is 2.75 bits per heavy atom. The van der Waals surface area contributed by atoms with Gasteiger partial charge in [-0.15, -0.1) is 0 Å². The van der Waals surface area contributed by atoms with Gasteiger partial charge in [0.15, 0.2) is 0 Å². The standard InChI is InChI=1S/C16H24BrNO2/c1-11-6-14(17)8-13(9-18)16(11)20-10-15(19)7-12-4-2-3-5-12/h6,8,12,15,19H,2-5,7,9-10,18H2,1H3. The summed E-state index contributed by atoms with van der Waals surface area (Å²) in [5.74, 6) is 1.50. The highest BCUT2D eigenvalue weighted by molar-refractivity contribution is 9.10. The van der Waals surface area contributed by atoms with Crippen LogP contribution in [-0.4, -0.2) is 17.8 Å². The van der Waals surface area contributed by atoms with Crippen LogP contribution < -0.4 is 10.5 Å². The van der Waals surface area contributed by atoms with Gasteiger partial charge in [-0.05, 0) is 37.0 Å². The summed E-state index contributed by atoms with van der Waals surface area (Å²) < 4.78 is 6.84. The zero-order valence-corrected chi connectivity index (χ0v) is 13.7. The molecule has 2 rings (SSSR count). The van der Waals surface area contributed by atoms with E-state index in [1.54, 1.807) is 0 Å². The van der Waals surface area contributed by atoms with Crippen molar-refractivity contribution in [2.75, 3.05) is 6.61 Å². The second-order valence-electron chi connectivity index (χ2n) is 5.77. The van der Waals surface area contributed by atoms with Crippen LogP contribution in [0.15, 0.2) is 16.6 Å². The zero-order chi connectivity index (χ0) is 14.5. The van der Waals surface area contributed by atoms with Gasteiger partial charge < -0.3 is 15.6 Å². The first-order valence-electron chi connectivity index (χ1n) is 7.40. The summed E-state index contributed by atoms with van der Waals surface area (Å²) in [7, 11) is 0. The highest BCUT2D eigenvalue weighted by Gasteiger charge is 2.19. The average Bonchev–Trinajstić information content (AvgIpc) is 2.89. The first-order valence-corrected chi connectivity index (χ1v) is 8.19. The van der Waals surface area contributed by atoms with E-state index in [1.807, 2.05) is 19.1 Å². The van der Waals surface area contributed by atoms with Crippen molar-refractivity contribution < 1.29 is 9.84 Å². The molecule has 0 heterocycles. The first-order chi connectivity index (χ1) is 9.60. The second kappa shape index (κ2) is 7.43. The van der Waals surface area contributed by atoms with Crippen molar-refractivity contribution in [3.63, 3.8) is 0 Å². The monoisotopic (exact) mass is 341 g/mol. The number of nitrogens with two attached hydrogens (primary N) is 1. The lowest BCUT2D eigenvalue weighted by Crippen LogP contribution is -2.21. The molecule has 3 nitrogen and oxygen atoms in total. The summed E-state index contributed by atoms with van der Waals surface area (Å²) in [6.07, 6.45) is 5.59. The van der Waals surface area contributed by atoms with Gasteiger partial charge >= 0.3 is 0 Å². The lowest BCUT2D eigenvalue weighted by molar-refractivity contribution is 0.0848. The summed E-state index contributed by atoms with van der Waals surface area (Å²) in [6, 6.07) is 3.99. The van der Waals surface area contributed by atoms with Crippen LogP contribution in [0, 0.1) is 12.8 Å². The molecule has 1 aliphatic rings. The SMILES string of the molecule is Cc1cc(Br)cc(CN)c1OCC(O)CC1CCCC1. The van der Waals surface area contributed by atoms with Gasteiger partial charge in [-0.25, -0.2) is 0 Å². The van der Waals surface area contributed by atoms with Gasteiger partial charge in [-0.2, -0.15) is 0 Å². The van der Waals surface area contributed by atoms with E-state index in [9.17, 15) is 5.11 Å². The highest BCUT2D eigenvalue weighted by Crippen LogP contribution is 2.30. The Kier molecular flexibility index (Phi) is 5.87. The number of hydrogen-bond donors (Lipinski definition) is 2. The van der Waals surface area contributed by atoms with E-state index in [1.165, 1.54) is 25.7 Å². The van der Waals surface area contributed by atoms with Crippen molar-refractivity contribution >= 4 is 15.9 Å². The molecule has 20 heavy (non-hydrogen) atoms. The maximum absolute atomic E-state index is 10.1. The number of hydrogen-bond acceptors (Lipinski definition) is 3. The first kappa shape index (κ1) is 15.8. The Labute approximate surface area is 129 Å². The molecule has 1 fully saturated rings. The molecule has 1 aliphatic carbocycles. The Balaban J connectivity index is 1.92. The molecule has 3 N–H and O–H groups in total. The predicted octanol–water partition coefficient (Wildman–Crippen LogP) is 3.54. The van der Waals surface area contributed by atoms with Crippen LogP contribution in [0.4, 0.5) is 0 Å². The Hall–Kier alpha value is -0.580. The van der Waals surface area contributed by atoms with Gasteiger partial charge in [0.05, 0.1) is 6.10 Å². The van der Waals surface area contributed by atoms with E-state index in [-0.39, 0.29) is 6.10 Å². The van der Waals surface area contributed by atoms with Gasteiger partial charge in [0.25, 0.3) is 0 Å². The molecule has 4 heteroatoms. The van der Waals surface area contributed by atoms with Crippen LogP contribution in [-0.2, 0) is 6.54 Å². The summed E-state index contributed by atoms with van der Waals surface area (Å²) in [4.78, 5) is 0.